The monoisotopic (exact) mass is 344 g/mol. The summed E-state index contributed by atoms with van der Waals surface area (Å²) in [7, 11) is 0. The van der Waals surface area contributed by atoms with Crippen molar-refractivity contribution in [3.05, 3.63) is 36.2 Å². The minimum atomic E-state index is -0.121. The molecular weight excluding hydrogens is 324 g/mol. The molecule has 0 aliphatic heterocycles. The largest absolute Gasteiger partial charge is 0.338 e. The molecule has 0 aliphatic rings. The van der Waals surface area contributed by atoms with Gasteiger partial charge in [0.2, 0.25) is 5.89 Å². The third-order valence-corrected chi connectivity index (χ3v) is 4.39. The van der Waals surface area contributed by atoms with E-state index in [0.29, 0.717) is 17.5 Å². The van der Waals surface area contributed by atoms with Crippen LogP contribution in [-0.2, 0) is 17.7 Å². The Kier molecular flexibility index (Phi) is 4.66. The number of rotatable bonds is 5. The lowest BCUT2D eigenvalue weighted by atomic mass is 9.96. The fourth-order valence-corrected chi connectivity index (χ4v) is 2.98. The van der Waals surface area contributed by atoms with E-state index in [2.05, 4.69) is 57.6 Å². The number of pyridine rings is 1. The lowest BCUT2D eigenvalue weighted by Crippen LogP contribution is -2.13. The van der Waals surface area contributed by atoms with E-state index in [0.717, 1.165) is 23.1 Å². The van der Waals surface area contributed by atoms with Gasteiger partial charge in [0.25, 0.3) is 0 Å². The number of hydrogen-bond donors (Lipinski definition) is 0. The second kappa shape index (κ2) is 6.72. The van der Waals surface area contributed by atoms with Gasteiger partial charge in [-0.15, -0.1) is 10.2 Å². The van der Waals surface area contributed by atoms with Gasteiger partial charge < -0.3 is 9.09 Å². The second-order valence-corrected chi connectivity index (χ2v) is 7.28. The van der Waals surface area contributed by atoms with Gasteiger partial charge in [-0.1, -0.05) is 37.7 Å². The van der Waals surface area contributed by atoms with E-state index in [4.69, 9.17) is 4.52 Å². The molecule has 0 N–H and O–H groups in total. The first-order valence-corrected chi connectivity index (χ1v) is 8.77. The van der Waals surface area contributed by atoms with Crippen molar-refractivity contribution < 1.29 is 4.52 Å². The molecule has 0 aliphatic carbocycles. The maximum absolute atomic E-state index is 5.33. The lowest BCUT2D eigenvalue weighted by Gasteiger charge is -2.10. The van der Waals surface area contributed by atoms with Gasteiger partial charge in [0.15, 0.2) is 16.8 Å². The average molecular weight is 344 g/mol. The Morgan fingerprint density at radius 1 is 1.17 bits per heavy atom. The van der Waals surface area contributed by atoms with Gasteiger partial charge in [-0.05, 0) is 19.1 Å². The Morgan fingerprint density at radius 2 is 1.92 bits per heavy atom. The molecule has 0 bridgehead atoms. The Balaban J connectivity index is 1.77. The third kappa shape index (κ3) is 3.48. The van der Waals surface area contributed by atoms with Crippen LogP contribution in [-0.4, -0.2) is 29.9 Å². The standard InChI is InChI=1S/C16H20N6OS/c1-5-22-13(11-6-8-17-9-7-11)19-20-15(22)24-10-12-18-14(21-23-12)16(2,3)4/h6-9H,5,10H2,1-4H3. The van der Waals surface area contributed by atoms with Crippen LogP contribution >= 0.6 is 11.8 Å². The maximum Gasteiger partial charge on any atom is 0.237 e. The van der Waals surface area contributed by atoms with Crippen molar-refractivity contribution in [1.29, 1.82) is 0 Å². The van der Waals surface area contributed by atoms with Crippen molar-refractivity contribution in [2.75, 3.05) is 0 Å². The molecule has 8 heteroatoms. The third-order valence-electron chi connectivity index (χ3n) is 3.44. The fraction of sp³-hybridized carbons (Fsp3) is 0.438. The molecular formula is C16H20N6OS. The van der Waals surface area contributed by atoms with E-state index in [1.807, 2.05) is 12.1 Å². The molecule has 7 nitrogen and oxygen atoms in total. The first-order chi connectivity index (χ1) is 11.5. The van der Waals surface area contributed by atoms with Crippen LogP contribution in [0.15, 0.2) is 34.2 Å². The summed E-state index contributed by atoms with van der Waals surface area (Å²) in [6, 6.07) is 3.86. The zero-order chi connectivity index (χ0) is 17.2. The normalized spacial score (nSPS) is 11.8. The van der Waals surface area contributed by atoms with Crippen molar-refractivity contribution in [3.8, 4) is 11.4 Å². The van der Waals surface area contributed by atoms with Gasteiger partial charge in [-0.25, -0.2) is 0 Å². The Bertz CT molecular complexity index is 806. The highest BCUT2D eigenvalue weighted by Gasteiger charge is 2.21. The number of hydrogen-bond acceptors (Lipinski definition) is 7. The summed E-state index contributed by atoms with van der Waals surface area (Å²) < 4.78 is 7.40. The van der Waals surface area contributed by atoms with Crippen LogP contribution in [0, 0.1) is 0 Å². The highest BCUT2D eigenvalue weighted by atomic mass is 32.2. The van der Waals surface area contributed by atoms with Crippen LogP contribution < -0.4 is 0 Å². The summed E-state index contributed by atoms with van der Waals surface area (Å²) in [6.45, 7) is 9.03. The van der Waals surface area contributed by atoms with Gasteiger partial charge in [-0.2, -0.15) is 4.98 Å². The molecule has 3 aromatic heterocycles. The molecule has 0 aromatic carbocycles. The molecule has 0 unspecified atom stereocenters. The van der Waals surface area contributed by atoms with E-state index in [1.54, 1.807) is 24.2 Å². The van der Waals surface area contributed by atoms with Gasteiger partial charge >= 0.3 is 0 Å². The number of thioether (sulfide) groups is 1. The zero-order valence-corrected chi connectivity index (χ0v) is 15.0. The fourth-order valence-electron chi connectivity index (χ4n) is 2.14. The Morgan fingerprint density at radius 3 is 2.54 bits per heavy atom. The summed E-state index contributed by atoms with van der Waals surface area (Å²) in [4.78, 5) is 8.49. The van der Waals surface area contributed by atoms with E-state index in [9.17, 15) is 0 Å². The zero-order valence-electron chi connectivity index (χ0n) is 14.2. The van der Waals surface area contributed by atoms with Crippen LogP contribution in [0.3, 0.4) is 0 Å². The second-order valence-electron chi connectivity index (χ2n) is 6.34. The van der Waals surface area contributed by atoms with Crippen LogP contribution in [0.4, 0.5) is 0 Å². The van der Waals surface area contributed by atoms with Gasteiger partial charge in [-0.3, -0.25) is 4.98 Å². The Hall–Kier alpha value is -2.22. The van der Waals surface area contributed by atoms with Crippen LogP contribution in [0.25, 0.3) is 11.4 Å². The van der Waals surface area contributed by atoms with Crippen molar-refractivity contribution in [3.63, 3.8) is 0 Å². The molecule has 3 rings (SSSR count). The minimum Gasteiger partial charge on any atom is -0.338 e. The predicted molar refractivity (Wildman–Crippen MR) is 91.5 cm³/mol. The van der Waals surface area contributed by atoms with E-state index >= 15 is 0 Å². The van der Waals surface area contributed by atoms with Crippen molar-refractivity contribution >= 4 is 11.8 Å². The maximum atomic E-state index is 5.33. The summed E-state index contributed by atoms with van der Waals surface area (Å²) in [6.07, 6.45) is 3.51. The average Bonchev–Trinajstić information content (AvgIpc) is 3.20. The molecule has 0 fully saturated rings. The quantitative estimate of drug-likeness (QED) is 0.656. The molecule has 0 radical (unpaired) electrons. The van der Waals surface area contributed by atoms with Crippen LogP contribution in [0.5, 0.6) is 0 Å². The molecule has 24 heavy (non-hydrogen) atoms. The summed E-state index contributed by atoms with van der Waals surface area (Å²) in [5, 5.41) is 13.5. The minimum absolute atomic E-state index is 0.121. The lowest BCUT2D eigenvalue weighted by molar-refractivity contribution is 0.372. The summed E-state index contributed by atoms with van der Waals surface area (Å²) in [5.74, 6) is 2.72. The summed E-state index contributed by atoms with van der Waals surface area (Å²) >= 11 is 1.54. The van der Waals surface area contributed by atoms with Gasteiger partial charge in [0.1, 0.15) is 0 Å². The van der Waals surface area contributed by atoms with E-state index in [-0.39, 0.29) is 5.41 Å². The first-order valence-electron chi connectivity index (χ1n) is 7.78. The predicted octanol–water partition coefficient (Wildman–Crippen LogP) is 3.33. The Labute approximate surface area is 144 Å². The molecule has 3 aromatic rings. The molecule has 0 saturated heterocycles. The molecule has 3 heterocycles. The SMILES string of the molecule is CCn1c(SCc2nc(C(C)(C)C)no2)nnc1-c1ccncc1. The molecule has 0 amide bonds. The van der Waals surface area contributed by atoms with Crippen molar-refractivity contribution in [2.45, 2.75) is 50.6 Å². The van der Waals surface area contributed by atoms with E-state index < -0.39 is 0 Å². The van der Waals surface area contributed by atoms with E-state index in [1.165, 1.54) is 0 Å². The molecule has 126 valence electrons. The van der Waals surface area contributed by atoms with Crippen molar-refractivity contribution in [2.24, 2.45) is 0 Å². The smallest absolute Gasteiger partial charge is 0.237 e. The van der Waals surface area contributed by atoms with Gasteiger partial charge in [0.05, 0.1) is 5.75 Å². The molecule has 0 atom stereocenters. The summed E-state index contributed by atoms with van der Waals surface area (Å²) in [5.41, 5.74) is 0.878. The molecule has 0 spiro atoms. The first kappa shape index (κ1) is 16.6. The highest BCUT2D eigenvalue weighted by Crippen LogP contribution is 2.26. The molecule has 0 saturated carbocycles. The number of nitrogens with zero attached hydrogens (tertiary/aromatic N) is 6. The number of aromatic nitrogens is 6. The topological polar surface area (TPSA) is 82.5 Å². The van der Waals surface area contributed by atoms with Crippen molar-refractivity contribution in [1.82, 2.24) is 29.9 Å². The van der Waals surface area contributed by atoms with Crippen LogP contribution in [0.2, 0.25) is 0 Å². The van der Waals surface area contributed by atoms with Gasteiger partial charge in [0, 0.05) is 29.9 Å². The van der Waals surface area contributed by atoms with Crippen LogP contribution in [0.1, 0.15) is 39.4 Å². The highest BCUT2D eigenvalue weighted by molar-refractivity contribution is 7.98.